The number of hydrogen-bond donors (Lipinski definition) is 0. The summed E-state index contributed by atoms with van der Waals surface area (Å²) in [6.07, 6.45) is 7.39. The zero-order valence-corrected chi connectivity index (χ0v) is 14.8. The Balaban J connectivity index is 1.49. The van der Waals surface area contributed by atoms with Gasteiger partial charge in [-0.2, -0.15) is 14.6 Å². The first kappa shape index (κ1) is 15.7. The van der Waals surface area contributed by atoms with Crippen LogP contribution in [0.15, 0.2) is 24.8 Å². The first-order chi connectivity index (χ1) is 12.1. The molecule has 1 saturated heterocycles. The lowest BCUT2D eigenvalue weighted by atomic mass is 10.0. The average molecular weight is 338 g/mol. The van der Waals surface area contributed by atoms with E-state index in [-0.39, 0.29) is 0 Å². The summed E-state index contributed by atoms with van der Waals surface area (Å²) in [5, 5.41) is 4.32. The fraction of sp³-hybridized carbons (Fsp3) is 0.471. The Morgan fingerprint density at radius 1 is 1.08 bits per heavy atom. The van der Waals surface area contributed by atoms with Crippen LogP contribution in [0.4, 0.5) is 11.8 Å². The van der Waals surface area contributed by atoms with Gasteiger partial charge in [-0.15, -0.1) is 0 Å². The molecule has 0 aromatic carbocycles. The molecule has 130 valence electrons. The van der Waals surface area contributed by atoms with Crippen LogP contribution in [0.25, 0.3) is 5.78 Å². The molecule has 1 aliphatic heterocycles. The van der Waals surface area contributed by atoms with E-state index in [0.717, 1.165) is 49.0 Å². The van der Waals surface area contributed by atoms with Crippen molar-refractivity contribution in [3.05, 3.63) is 36.0 Å². The molecule has 25 heavy (non-hydrogen) atoms. The molecule has 4 rings (SSSR count). The van der Waals surface area contributed by atoms with E-state index in [9.17, 15) is 0 Å². The summed E-state index contributed by atoms with van der Waals surface area (Å²) in [6, 6.07) is 2.52. The predicted octanol–water partition coefficient (Wildman–Crippen LogP) is 1.64. The van der Waals surface area contributed by atoms with Gasteiger partial charge >= 0.3 is 0 Å². The Morgan fingerprint density at radius 2 is 1.80 bits per heavy atom. The van der Waals surface area contributed by atoms with Crippen molar-refractivity contribution in [2.24, 2.45) is 0 Å². The molecule has 8 heteroatoms. The van der Waals surface area contributed by atoms with E-state index in [1.165, 1.54) is 0 Å². The molecule has 1 fully saturated rings. The lowest BCUT2D eigenvalue weighted by Crippen LogP contribution is -2.44. The van der Waals surface area contributed by atoms with E-state index in [2.05, 4.69) is 47.9 Å². The minimum atomic E-state index is 0.438. The Bertz CT molecular complexity index is 864. The lowest BCUT2D eigenvalue weighted by Gasteiger charge is -2.37. The van der Waals surface area contributed by atoms with Crippen LogP contribution >= 0.6 is 0 Å². The minimum absolute atomic E-state index is 0.438. The van der Waals surface area contributed by atoms with Crippen molar-refractivity contribution in [3.63, 3.8) is 0 Å². The van der Waals surface area contributed by atoms with E-state index >= 15 is 0 Å². The van der Waals surface area contributed by atoms with E-state index < -0.39 is 0 Å². The number of fused-ring (bicyclic) bond motifs is 1. The maximum absolute atomic E-state index is 4.45. The zero-order chi connectivity index (χ0) is 17.4. The van der Waals surface area contributed by atoms with Crippen LogP contribution in [0.1, 0.15) is 24.1 Å². The topological polar surface area (TPSA) is 75.3 Å². The number of rotatable bonds is 3. The molecular formula is C17H22N8. The number of aryl methyl sites for hydroxylation is 2. The predicted molar refractivity (Wildman–Crippen MR) is 95.9 cm³/mol. The van der Waals surface area contributed by atoms with E-state index in [4.69, 9.17) is 0 Å². The number of nitrogens with zero attached hydrogens (tertiary/aromatic N) is 8. The molecule has 0 spiro atoms. The number of hydrogen-bond acceptors (Lipinski definition) is 7. The normalized spacial score (nSPS) is 15.7. The summed E-state index contributed by atoms with van der Waals surface area (Å²) < 4.78 is 1.82. The Hall–Kier alpha value is -2.77. The molecule has 0 atom stereocenters. The SMILES string of the molecule is Cc1cnc(N(C)C2CCN(c3cc(C)nc4ncnn34)CC2)nc1. The highest BCUT2D eigenvalue weighted by atomic mass is 15.4. The molecule has 0 N–H and O–H groups in total. The fourth-order valence-electron chi connectivity index (χ4n) is 3.35. The van der Waals surface area contributed by atoms with Crippen LogP contribution in [0.5, 0.6) is 0 Å². The highest BCUT2D eigenvalue weighted by molar-refractivity contribution is 5.47. The summed E-state index contributed by atoms with van der Waals surface area (Å²) in [5.41, 5.74) is 2.04. The average Bonchev–Trinajstić information content (AvgIpc) is 3.09. The lowest BCUT2D eigenvalue weighted by molar-refractivity contribution is 0.473. The first-order valence-corrected chi connectivity index (χ1v) is 8.55. The van der Waals surface area contributed by atoms with Crippen LogP contribution < -0.4 is 9.80 Å². The standard InChI is InChI=1S/C17H22N8/c1-12-9-18-16(19-10-12)23(3)14-4-6-24(7-5-14)15-8-13(2)22-17-20-11-21-25(15)17/h8-11,14H,4-7H2,1-3H3. The molecule has 3 aromatic heterocycles. The van der Waals surface area contributed by atoms with Crippen molar-refractivity contribution < 1.29 is 0 Å². The second kappa shape index (κ2) is 6.27. The van der Waals surface area contributed by atoms with Gasteiger partial charge in [0, 0.05) is 50.3 Å². The van der Waals surface area contributed by atoms with Gasteiger partial charge in [0.2, 0.25) is 5.95 Å². The molecule has 4 heterocycles. The molecule has 0 bridgehead atoms. The molecule has 3 aromatic rings. The number of anilines is 2. The van der Waals surface area contributed by atoms with Gasteiger partial charge < -0.3 is 9.80 Å². The summed E-state index contributed by atoms with van der Waals surface area (Å²) in [7, 11) is 2.08. The third-order valence-corrected chi connectivity index (χ3v) is 4.78. The van der Waals surface area contributed by atoms with Gasteiger partial charge in [0.25, 0.3) is 5.78 Å². The number of piperidine rings is 1. The third-order valence-electron chi connectivity index (χ3n) is 4.78. The van der Waals surface area contributed by atoms with Gasteiger partial charge in [-0.05, 0) is 32.3 Å². The van der Waals surface area contributed by atoms with Gasteiger partial charge in [-0.1, -0.05) is 0 Å². The van der Waals surface area contributed by atoms with E-state index in [1.807, 2.05) is 30.8 Å². The molecule has 0 amide bonds. The molecule has 0 saturated carbocycles. The van der Waals surface area contributed by atoms with Crippen LogP contribution in [-0.4, -0.2) is 55.7 Å². The quantitative estimate of drug-likeness (QED) is 0.718. The second-order valence-corrected chi connectivity index (χ2v) is 6.62. The molecule has 0 radical (unpaired) electrons. The molecular weight excluding hydrogens is 316 g/mol. The van der Waals surface area contributed by atoms with Crippen molar-refractivity contribution >= 4 is 17.5 Å². The first-order valence-electron chi connectivity index (χ1n) is 8.55. The Kier molecular flexibility index (Phi) is 3.95. The van der Waals surface area contributed by atoms with Crippen molar-refractivity contribution in [1.29, 1.82) is 0 Å². The molecule has 0 unspecified atom stereocenters. The summed E-state index contributed by atoms with van der Waals surface area (Å²) in [4.78, 5) is 22.1. The van der Waals surface area contributed by atoms with Gasteiger partial charge in [-0.3, -0.25) is 0 Å². The Labute approximate surface area is 146 Å². The summed E-state index contributed by atoms with van der Waals surface area (Å²) >= 11 is 0. The number of aromatic nitrogens is 6. The zero-order valence-electron chi connectivity index (χ0n) is 14.8. The van der Waals surface area contributed by atoms with Gasteiger partial charge in [0.1, 0.15) is 12.1 Å². The molecule has 8 nitrogen and oxygen atoms in total. The third kappa shape index (κ3) is 2.99. The van der Waals surface area contributed by atoms with Gasteiger partial charge in [-0.25, -0.2) is 15.0 Å². The maximum atomic E-state index is 4.45. The summed E-state index contributed by atoms with van der Waals surface area (Å²) in [6.45, 7) is 5.91. The van der Waals surface area contributed by atoms with Crippen molar-refractivity contribution in [3.8, 4) is 0 Å². The molecule has 0 aliphatic carbocycles. The van der Waals surface area contributed by atoms with Gasteiger partial charge in [0.05, 0.1) is 0 Å². The second-order valence-electron chi connectivity index (χ2n) is 6.62. The largest absolute Gasteiger partial charge is 0.356 e. The monoisotopic (exact) mass is 338 g/mol. The van der Waals surface area contributed by atoms with Crippen molar-refractivity contribution in [1.82, 2.24) is 29.5 Å². The minimum Gasteiger partial charge on any atom is -0.356 e. The van der Waals surface area contributed by atoms with E-state index in [1.54, 1.807) is 6.33 Å². The van der Waals surface area contributed by atoms with Crippen LogP contribution in [0, 0.1) is 13.8 Å². The van der Waals surface area contributed by atoms with Gasteiger partial charge in [0.15, 0.2) is 0 Å². The molecule has 1 aliphatic rings. The fourth-order valence-corrected chi connectivity index (χ4v) is 3.35. The maximum Gasteiger partial charge on any atom is 0.254 e. The van der Waals surface area contributed by atoms with Crippen LogP contribution in [0.3, 0.4) is 0 Å². The van der Waals surface area contributed by atoms with Crippen LogP contribution in [0.2, 0.25) is 0 Å². The Morgan fingerprint density at radius 3 is 2.52 bits per heavy atom. The highest BCUT2D eigenvalue weighted by Gasteiger charge is 2.25. The summed E-state index contributed by atoms with van der Waals surface area (Å²) in [5.74, 6) is 2.51. The van der Waals surface area contributed by atoms with E-state index in [0.29, 0.717) is 11.8 Å². The van der Waals surface area contributed by atoms with Crippen molar-refractivity contribution in [2.75, 3.05) is 29.9 Å². The highest BCUT2D eigenvalue weighted by Crippen LogP contribution is 2.24. The smallest absolute Gasteiger partial charge is 0.254 e. The van der Waals surface area contributed by atoms with Crippen LogP contribution in [-0.2, 0) is 0 Å². The van der Waals surface area contributed by atoms with Crippen molar-refractivity contribution in [2.45, 2.75) is 32.7 Å².